The number of aliphatic hydroxyl groups is 1. The van der Waals surface area contributed by atoms with Gasteiger partial charge in [-0.25, -0.2) is 4.39 Å². The molecule has 7 nitrogen and oxygen atoms in total. The second kappa shape index (κ2) is 11.4. The lowest BCUT2D eigenvalue weighted by Crippen LogP contribution is -2.39. The normalized spacial score (nSPS) is 23.5. The molecule has 202 valence electrons. The van der Waals surface area contributed by atoms with Crippen molar-refractivity contribution in [2.75, 3.05) is 18.5 Å². The van der Waals surface area contributed by atoms with E-state index in [0.717, 1.165) is 67.2 Å². The zero-order valence-corrected chi connectivity index (χ0v) is 22.1. The number of amides is 1. The Kier molecular flexibility index (Phi) is 7.93. The van der Waals surface area contributed by atoms with Crippen LogP contribution in [0.3, 0.4) is 0 Å². The molecule has 2 aromatic carbocycles. The van der Waals surface area contributed by atoms with Crippen molar-refractivity contribution < 1.29 is 23.8 Å². The van der Waals surface area contributed by atoms with Crippen molar-refractivity contribution in [3.05, 3.63) is 65.1 Å². The second-order valence-electron chi connectivity index (χ2n) is 10.8. The highest BCUT2D eigenvalue weighted by molar-refractivity contribution is 6.06. The summed E-state index contributed by atoms with van der Waals surface area (Å²) in [6.45, 7) is 5.62. The highest BCUT2D eigenvalue weighted by Crippen LogP contribution is 2.29. The Morgan fingerprint density at radius 2 is 2.03 bits per heavy atom. The average Bonchev–Trinajstić information content (AvgIpc) is 3.42. The molecule has 1 saturated carbocycles. The smallest absolute Gasteiger partial charge is 0.258 e. The van der Waals surface area contributed by atoms with Crippen molar-refractivity contribution in [1.29, 1.82) is 0 Å². The first-order chi connectivity index (χ1) is 18.3. The maximum Gasteiger partial charge on any atom is 0.258 e. The van der Waals surface area contributed by atoms with Gasteiger partial charge in [-0.1, -0.05) is 6.07 Å². The topological polar surface area (TPSA) is 92.7 Å². The summed E-state index contributed by atoms with van der Waals surface area (Å²) in [4.78, 5) is 17.5. The molecule has 0 radical (unpaired) electrons. The largest absolute Gasteiger partial charge is 0.491 e. The fourth-order valence-electron chi connectivity index (χ4n) is 5.26. The van der Waals surface area contributed by atoms with Crippen LogP contribution in [0.2, 0.25) is 0 Å². The Morgan fingerprint density at radius 3 is 2.76 bits per heavy atom. The van der Waals surface area contributed by atoms with E-state index in [1.165, 1.54) is 12.1 Å². The molecule has 3 aromatic rings. The van der Waals surface area contributed by atoms with Gasteiger partial charge in [0.15, 0.2) is 0 Å². The van der Waals surface area contributed by atoms with E-state index in [-0.39, 0.29) is 11.7 Å². The summed E-state index contributed by atoms with van der Waals surface area (Å²) < 4.78 is 25.9. The van der Waals surface area contributed by atoms with Gasteiger partial charge in [0.1, 0.15) is 18.2 Å². The summed E-state index contributed by atoms with van der Waals surface area (Å²) in [6, 6.07) is 10.5. The lowest BCUT2D eigenvalue weighted by molar-refractivity contribution is 0.0140. The molecule has 0 unspecified atom stereocenters. The van der Waals surface area contributed by atoms with Crippen molar-refractivity contribution in [1.82, 2.24) is 10.3 Å². The Morgan fingerprint density at radius 1 is 1.21 bits per heavy atom. The number of carbonyl (C=O) groups is 1. The summed E-state index contributed by atoms with van der Waals surface area (Å²) in [7, 11) is 0. The molecular weight excluding hydrogens is 485 g/mol. The third-order valence-electron chi connectivity index (χ3n) is 7.71. The molecular formula is C30H36FN3O4. The maximum absolute atomic E-state index is 14.7. The molecule has 1 atom stereocenters. The van der Waals surface area contributed by atoms with Gasteiger partial charge in [-0.15, -0.1) is 0 Å². The first-order valence-corrected chi connectivity index (χ1v) is 13.5. The molecule has 5 rings (SSSR count). The first kappa shape index (κ1) is 26.5. The number of nitrogens with one attached hydrogen (secondary N) is 2. The molecule has 2 aliphatic rings. The Hall–Kier alpha value is -3.07. The molecule has 0 bridgehead atoms. The molecule has 8 heteroatoms. The Labute approximate surface area is 222 Å². The van der Waals surface area contributed by atoms with Crippen molar-refractivity contribution in [2.24, 2.45) is 0 Å². The summed E-state index contributed by atoms with van der Waals surface area (Å²) in [5, 5.41) is 17.5. The van der Waals surface area contributed by atoms with E-state index in [4.69, 9.17) is 9.47 Å². The first-order valence-electron chi connectivity index (χ1n) is 13.5. The number of hydrogen-bond acceptors (Lipinski definition) is 6. The minimum absolute atomic E-state index is 0.0356. The average molecular weight is 522 g/mol. The predicted octanol–water partition coefficient (Wildman–Crippen LogP) is 5.28. The lowest BCUT2D eigenvalue weighted by atomic mass is 9.83. The number of nitrogens with zero attached hydrogens (tertiary/aromatic N) is 1. The van der Waals surface area contributed by atoms with E-state index in [1.807, 2.05) is 32.2 Å². The van der Waals surface area contributed by atoms with Crippen LogP contribution >= 0.6 is 0 Å². The molecule has 1 saturated heterocycles. The number of aryl methyl sites for hydroxylation is 1. The van der Waals surface area contributed by atoms with E-state index >= 15 is 0 Å². The summed E-state index contributed by atoms with van der Waals surface area (Å²) in [5.41, 5.74) is 2.69. The van der Waals surface area contributed by atoms with Crippen molar-refractivity contribution in [3.8, 4) is 5.75 Å². The van der Waals surface area contributed by atoms with Crippen molar-refractivity contribution in [2.45, 2.75) is 76.7 Å². The van der Waals surface area contributed by atoms with Gasteiger partial charge in [-0.05, 0) is 87.8 Å². The zero-order valence-electron chi connectivity index (χ0n) is 22.1. The number of aromatic nitrogens is 1. The number of halogens is 1. The number of benzene rings is 2. The number of fused-ring (bicyclic) bond motifs is 1. The maximum atomic E-state index is 14.7. The fourth-order valence-corrected chi connectivity index (χ4v) is 5.26. The van der Waals surface area contributed by atoms with Gasteiger partial charge in [0.25, 0.3) is 5.91 Å². The minimum atomic E-state index is -0.636. The van der Waals surface area contributed by atoms with Crippen LogP contribution in [-0.2, 0) is 11.3 Å². The van der Waals surface area contributed by atoms with Crippen molar-refractivity contribution >= 4 is 22.5 Å². The lowest BCUT2D eigenvalue weighted by Gasteiger charge is -2.33. The SMILES string of the molecule is Cc1c(NC(=O)c2ccc(OC[C@@H]3CCCO3)cc2F)ccc2cc(CN[C@H]3CC[C@](C)(O)CC3)cnc12. The third kappa shape index (κ3) is 6.31. The van der Waals surface area contributed by atoms with Crippen LogP contribution in [0.15, 0.2) is 42.6 Å². The van der Waals surface area contributed by atoms with Crippen LogP contribution < -0.4 is 15.4 Å². The number of pyridine rings is 1. The summed E-state index contributed by atoms with van der Waals surface area (Å²) in [5.74, 6) is -0.785. The standard InChI is InChI=1S/C30H36FN3O4/c1-19-27(34-29(35)25-7-6-23(15-26(25)31)38-18-24-4-3-13-37-24)8-5-21-14-20(17-33-28(19)21)16-32-22-9-11-30(2,36)12-10-22/h5-8,14-15,17,22,24,32,36H,3-4,9-13,16,18H2,1-2H3,(H,34,35)/t22-,24-,30-/m0/s1. The van der Waals surface area contributed by atoms with Crippen LogP contribution in [0, 0.1) is 12.7 Å². The minimum Gasteiger partial charge on any atom is -0.491 e. The van der Waals surface area contributed by atoms with Gasteiger partial charge in [0.05, 0.1) is 22.8 Å². The van der Waals surface area contributed by atoms with E-state index in [0.29, 0.717) is 30.6 Å². The number of carbonyl (C=O) groups excluding carboxylic acids is 1. The number of hydrogen-bond donors (Lipinski definition) is 3. The summed E-state index contributed by atoms with van der Waals surface area (Å²) in [6.07, 6.45) is 7.38. The molecule has 2 fully saturated rings. The van der Waals surface area contributed by atoms with Crippen LogP contribution in [0.1, 0.15) is 66.9 Å². The number of rotatable bonds is 8. The highest BCUT2D eigenvalue weighted by atomic mass is 19.1. The van der Waals surface area contributed by atoms with E-state index in [9.17, 15) is 14.3 Å². The fraction of sp³-hybridized carbons (Fsp3) is 0.467. The van der Waals surface area contributed by atoms with Gasteiger partial charge >= 0.3 is 0 Å². The molecule has 3 N–H and O–H groups in total. The molecule has 1 aromatic heterocycles. The zero-order chi connectivity index (χ0) is 26.7. The van der Waals surface area contributed by atoms with Crippen molar-refractivity contribution in [3.63, 3.8) is 0 Å². The van der Waals surface area contributed by atoms with E-state index in [1.54, 1.807) is 6.07 Å². The molecule has 0 spiro atoms. The predicted molar refractivity (Wildman–Crippen MR) is 145 cm³/mol. The van der Waals surface area contributed by atoms with Crippen LogP contribution in [0.5, 0.6) is 5.75 Å². The molecule has 1 aliphatic heterocycles. The monoisotopic (exact) mass is 521 g/mol. The van der Waals surface area contributed by atoms with Gasteiger partial charge in [0, 0.05) is 42.5 Å². The molecule has 38 heavy (non-hydrogen) atoms. The molecule has 1 aliphatic carbocycles. The van der Waals surface area contributed by atoms with Gasteiger partial charge in [-0.3, -0.25) is 9.78 Å². The number of anilines is 1. The molecule has 1 amide bonds. The highest BCUT2D eigenvalue weighted by Gasteiger charge is 2.28. The Balaban J connectivity index is 1.21. The van der Waals surface area contributed by atoms with Gasteiger partial charge in [0.2, 0.25) is 0 Å². The Bertz CT molecular complexity index is 1300. The van der Waals surface area contributed by atoms with Gasteiger partial charge < -0.3 is 25.2 Å². The van der Waals surface area contributed by atoms with Crippen LogP contribution in [-0.4, -0.2) is 47.0 Å². The van der Waals surface area contributed by atoms with E-state index in [2.05, 4.69) is 21.7 Å². The van der Waals surface area contributed by atoms with Crippen LogP contribution in [0.4, 0.5) is 10.1 Å². The number of ether oxygens (including phenoxy) is 2. The van der Waals surface area contributed by atoms with Crippen LogP contribution in [0.25, 0.3) is 10.9 Å². The second-order valence-corrected chi connectivity index (χ2v) is 10.8. The summed E-state index contributed by atoms with van der Waals surface area (Å²) >= 11 is 0. The van der Waals surface area contributed by atoms with E-state index < -0.39 is 17.3 Å². The quantitative estimate of drug-likeness (QED) is 0.374. The van der Waals surface area contributed by atoms with Gasteiger partial charge in [-0.2, -0.15) is 0 Å². The third-order valence-corrected chi connectivity index (χ3v) is 7.71. The molecule has 2 heterocycles.